The van der Waals surface area contributed by atoms with Crippen molar-refractivity contribution in [3.05, 3.63) is 0 Å². The predicted molar refractivity (Wildman–Crippen MR) is 91.3 cm³/mol. The summed E-state index contributed by atoms with van der Waals surface area (Å²) >= 11 is 0. The minimum absolute atomic E-state index is 0.0614. The van der Waals surface area contributed by atoms with Crippen LogP contribution in [0.1, 0.15) is 105 Å². The predicted octanol–water partition coefficient (Wildman–Crippen LogP) is 6.75. The van der Waals surface area contributed by atoms with Gasteiger partial charge >= 0.3 is 0 Å². The first-order valence-corrected chi connectivity index (χ1v) is 9.22. The van der Waals surface area contributed by atoms with Gasteiger partial charge in [0.15, 0.2) is 0 Å². The van der Waals surface area contributed by atoms with Crippen LogP contribution in [-0.4, -0.2) is 12.2 Å². The Kier molecular flexibility index (Phi) is 12.7. The summed E-state index contributed by atoms with van der Waals surface area (Å²) < 4.78 is 6.02. The van der Waals surface area contributed by atoms with E-state index in [1.54, 1.807) is 0 Å². The van der Waals surface area contributed by atoms with Crippen molar-refractivity contribution in [1.82, 2.24) is 0 Å². The van der Waals surface area contributed by atoms with Gasteiger partial charge in [-0.25, -0.2) is 0 Å². The van der Waals surface area contributed by atoms with Crippen LogP contribution in [0, 0.1) is 5.92 Å². The van der Waals surface area contributed by atoms with E-state index >= 15 is 0 Å². The molecule has 20 heavy (non-hydrogen) atoms. The van der Waals surface area contributed by atoms with Crippen molar-refractivity contribution in [1.29, 1.82) is 0 Å². The summed E-state index contributed by atoms with van der Waals surface area (Å²) in [5.74, 6) is 0.736. The highest BCUT2D eigenvalue weighted by molar-refractivity contribution is 4.79. The third-order valence-electron chi connectivity index (χ3n) is 4.56. The molecule has 0 heterocycles. The van der Waals surface area contributed by atoms with Gasteiger partial charge in [-0.2, -0.15) is 0 Å². The molecule has 0 aromatic carbocycles. The maximum Gasteiger partial charge on any atom is 0.0654 e. The first kappa shape index (κ1) is 20.0. The quantitative estimate of drug-likeness (QED) is 0.321. The fraction of sp³-hybridized carbons (Fsp3) is 1.00. The molecule has 0 amide bonds. The lowest BCUT2D eigenvalue weighted by Crippen LogP contribution is -2.34. The zero-order valence-electron chi connectivity index (χ0n) is 15.0. The Hall–Kier alpha value is -0.0400. The third-order valence-corrected chi connectivity index (χ3v) is 4.56. The van der Waals surface area contributed by atoms with Crippen molar-refractivity contribution in [2.24, 2.45) is 5.92 Å². The molecule has 0 aromatic rings. The molecule has 0 aliphatic heterocycles. The van der Waals surface area contributed by atoms with Crippen molar-refractivity contribution in [2.75, 3.05) is 6.61 Å². The standard InChI is InChI=1S/C19H40O/c1-6-9-11-12-13-15-17-18(16-14-10-7-2)19(4,5)20-8-3/h18H,6-17H2,1-5H3. The van der Waals surface area contributed by atoms with Crippen LogP contribution < -0.4 is 0 Å². The van der Waals surface area contributed by atoms with Crippen molar-refractivity contribution in [3.8, 4) is 0 Å². The number of rotatable bonds is 14. The van der Waals surface area contributed by atoms with Gasteiger partial charge in [-0.1, -0.05) is 71.6 Å². The maximum atomic E-state index is 6.02. The Balaban J connectivity index is 4.04. The van der Waals surface area contributed by atoms with E-state index in [-0.39, 0.29) is 5.60 Å². The molecule has 0 N–H and O–H groups in total. The molecule has 0 aliphatic rings. The monoisotopic (exact) mass is 284 g/mol. The second-order valence-corrected chi connectivity index (χ2v) is 6.79. The van der Waals surface area contributed by atoms with Crippen molar-refractivity contribution < 1.29 is 4.74 Å². The fourth-order valence-corrected chi connectivity index (χ4v) is 3.14. The Labute approximate surface area is 128 Å². The highest BCUT2D eigenvalue weighted by Gasteiger charge is 2.28. The van der Waals surface area contributed by atoms with Crippen LogP contribution in [0.4, 0.5) is 0 Å². The summed E-state index contributed by atoms with van der Waals surface area (Å²) in [5, 5.41) is 0. The minimum atomic E-state index is 0.0614. The van der Waals surface area contributed by atoms with E-state index in [9.17, 15) is 0 Å². The molecule has 1 atom stereocenters. The number of hydrogen-bond donors (Lipinski definition) is 0. The third kappa shape index (κ3) is 9.80. The van der Waals surface area contributed by atoms with Crippen LogP contribution in [0.5, 0.6) is 0 Å². The van der Waals surface area contributed by atoms with Gasteiger partial charge in [-0.3, -0.25) is 0 Å². The first-order chi connectivity index (χ1) is 9.58. The van der Waals surface area contributed by atoms with E-state index in [4.69, 9.17) is 4.74 Å². The van der Waals surface area contributed by atoms with Crippen LogP contribution in [0.3, 0.4) is 0 Å². The summed E-state index contributed by atoms with van der Waals surface area (Å²) in [5.41, 5.74) is 0.0614. The van der Waals surface area contributed by atoms with Crippen LogP contribution in [0.25, 0.3) is 0 Å². The molecule has 0 aliphatic carbocycles. The smallest absolute Gasteiger partial charge is 0.0654 e. The van der Waals surface area contributed by atoms with E-state index in [1.807, 2.05) is 0 Å². The first-order valence-electron chi connectivity index (χ1n) is 9.22. The second kappa shape index (κ2) is 12.7. The lowest BCUT2D eigenvalue weighted by atomic mass is 9.82. The average Bonchev–Trinajstić information content (AvgIpc) is 2.40. The number of hydrogen-bond acceptors (Lipinski definition) is 1. The number of unbranched alkanes of at least 4 members (excludes halogenated alkanes) is 7. The molecule has 1 heteroatoms. The molecular formula is C19H40O. The molecule has 1 unspecified atom stereocenters. The Morgan fingerprint density at radius 3 is 1.70 bits per heavy atom. The molecule has 0 aromatic heterocycles. The fourth-order valence-electron chi connectivity index (χ4n) is 3.14. The molecule has 0 radical (unpaired) electrons. The summed E-state index contributed by atoms with van der Waals surface area (Å²) in [4.78, 5) is 0. The van der Waals surface area contributed by atoms with Crippen LogP contribution in [0.2, 0.25) is 0 Å². The topological polar surface area (TPSA) is 9.23 Å². The van der Waals surface area contributed by atoms with Crippen LogP contribution in [0.15, 0.2) is 0 Å². The zero-order valence-corrected chi connectivity index (χ0v) is 15.0. The highest BCUT2D eigenvalue weighted by Crippen LogP contribution is 2.31. The van der Waals surface area contributed by atoms with Gasteiger partial charge in [0.25, 0.3) is 0 Å². The van der Waals surface area contributed by atoms with Crippen molar-refractivity contribution in [2.45, 2.75) is 111 Å². The van der Waals surface area contributed by atoms with Crippen molar-refractivity contribution in [3.63, 3.8) is 0 Å². The van der Waals surface area contributed by atoms with E-state index in [0.29, 0.717) is 0 Å². The summed E-state index contributed by atoms with van der Waals surface area (Å²) in [6.07, 6.45) is 15.1. The summed E-state index contributed by atoms with van der Waals surface area (Å²) in [7, 11) is 0. The molecular weight excluding hydrogens is 244 g/mol. The molecule has 0 rings (SSSR count). The van der Waals surface area contributed by atoms with Crippen LogP contribution in [-0.2, 0) is 4.74 Å². The highest BCUT2D eigenvalue weighted by atomic mass is 16.5. The molecule has 0 bridgehead atoms. The van der Waals surface area contributed by atoms with E-state index in [2.05, 4.69) is 34.6 Å². The maximum absolute atomic E-state index is 6.02. The molecule has 0 saturated carbocycles. The average molecular weight is 285 g/mol. The van der Waals surface area contributed by atoms with E-state index in [0.717, 1.165) is 12.5 Å². The Morgan fingerprint density at radius 1 is 0.700 bits per heavy atom. The van der Waals surface area contributed by atoms with Gasteiger partial charge < -0.3 is 4.74 Å². The SMILES string of the molecule is CCCCCCCCC(CCCCC)C(C)(C)OCC. The van der Waals surface area contributed by atoms with E-state index in [1.165, 1.54) is 70.6 Å². The Morgan fingerprint density at radius 2 is 1.15 bits per heavy atom. The zero-order chi connectivity index (χ0) is 15.3. The lowest BCUT2D eigenvalue weighted by molar-refractivity contribution is -0.0605. The van der Waals surface area contributed by atoms with Gasteiger partial charge in [-0.05, 0) is 39.5 Å². The summed E-state index contributed by atoms with van der Waals surface area (Å²) in [6.45, 7) is 12.1. The summed E-state index contributed by atoms with van der Waals surface area (Å²) in [6, 6.07) is 0. The van der Waals surface area contributed by atoms with Gasteiger partial charge in [0.05, 0.1) is 5.60 Å². The molecule has 0 fully saturated rings. The normalized spacial score (nSPS) is 13.7. The van der Waals surface area contributed by atoms with Gasteiger partial charge in [0.2, 0.25) is 0 Å². The van der Waals surface area contributed by atoms with E-state index < -0.39 is 0 Å². The van der Waals surface area contributed by atoms with Crippen LogP contribution >= 0.6 is 0 Å². The van der Waals surface area contributed by atoms with Gasteiger partial charge in [0, 0.05) is 6.61 Å². The number of ether oxygens (including phenoxy) is 1. The minimum Gasteiger partial charge on any atom is -0.376 e. The molecule has 1 nitrogen and oxygen atoms in total. The largest absolute Gasteiger partial charge is 0.376 e. The molecule has 122 valence electrons. The van der Waals surface area contributed by atoms with Crippen molar-refractivity contribution >= 4 is 0 Å². The second-order valence-electron chi connectivity index (χ2n) is 6.79. The molecule has 0 saturated heterocycles. The molecule has 0 spiro atoms. The Bertz CT molecular complexity index is 198. The van der Waals surface area contributed by atoms with Gasteiger partial charge in [0.1, 0.15) is 0 Å². The lowest BCUT2D eigenvalue weighted by Gasteiger charge is -2.34. The van der Waals surface area contributed by atoms with Gasteiger partial charge in [-0.15, -0.1) is 0 Å².